The molecule has 1 aromatic carbocycles. The first-order valence-corrected chi connectivity index (χ1v) is 5.30. The highest BCUT2D eigenvalue weighted by Crippen LogP contribution is 2.34. The number of hydrogen-bond acceptors (Lipinski definition) is 2. The lowest BCUT2D eigenvalue weighted by Gasteiger charge is -2.31. The summed E-state index contributed by atoms with van der Waals surface area (Å²) in [6.45, 7) is 2.09. The van der Waals surface area contributed by atoms with E-state index in [4.69, 9.17) is 4.74 Å². The number of hydrogen-bond donors (Lipinski definition) is 1. The van der Waals surface area contributed by atoms with Gasteiger partial charge < -0.3 is 10.1 Å². The molecule has 1 aliphatic rings. The predicted octanol–water partition coefficient (Wildman–Crippen LogP) is 2.03. The molecule has 1 N–H and O–H groups in total. The van der Waals surface area contributed by atoms with Crippen molar-refractivity contribution in [1.82, 2.24) is 5.32 Å². The number of benzene rings is 1. The molecule has 0 fully saturated rings. The molecular weight excluding hydrogens is 190 g/mol. The van der Waals surface area contributed by atoms with Crippen molar-refractivity contribution < 1.29 is 9.53 Å². The average molecular weight is 205 g/mol. The van der Waals surface area contributed by atoms with Gasteiger partial charge in [-0.1, -0.05) is 25.1 Å². The topological polar surface area (TPSA) is 38.3 Å². The molecule has 0 bridgehead atoms. The van der Waals surface area contributed by atoms with Crippen LogP contribution < -0.4 is 10.1 Å². The minimum Gasteiger partial charge on any atom is -0.490 e. The van der Waals surface area contributed by atoms with Crippen LogP contribution in [0.25, 0.3) is 0 Å². The summed E-state index contributed by atoms with van der Waals surface area (Å²) in [4.78, 5) is 10.5. The number of para-hydroxylation sites is 1. The fraction of sp³-hybridized carbons (Fsp3) is 0.417. The molecule has 1 heterocycles. The fourth-order valence-corrected chi connectivity index (χ4v) is 1.98. The molecule has 1 aromatic rings. The third-order valence-electron chi connectivity index (χ3n) is 2.81. The Labute approximate surface area is 89.4 Å². The highest BCUT2D eigenvalue weighted by Gasteiger charge is 2.26. The summed E-state index contributed by atoms with van der Waals surface area (Å²) in [5.74, 6) is 0.898. The van der Waals surface area contributed by atoms with Crippen molar-refractivity contribution in [3.8, 4) is 5.75 Å². The molecule has 1 aliphatic heterocycles. The van der Waals surface area contributed by atoms with Gasteiger partial charge in [-0.15, -0.1) is 0 Å². The Morgan fingerprint density at radius 1 is 1.53 bits per heavy atom. The Morgan fingerprint density at radius 3 is 3.07 bits per heavy atom. The molecular formula is C12H15NO2. The minimum absolute atomic E-state index is 0.0948. The summed E-state index contributed by atoms with van der Waals surface area (Å²) < 4.78 is 5.80. The van der Waals surface area contributed by atoms with Crippen LogP contribution in [-0.4, -0.2) is 12.5 Å². The van der Waals surface area contributed by atoms with E-state index in [1.165, 1.54) is 0 Å². The van der Waals surface area contributed by atoms with Crippen molar-refractivity contribution in [3.63, 3.8) is 0 Å². The van der Waals surface area contributed by atoms with E-state index in [1.807, 2.05) is 24.3 Å². The summed E-state index contributed by atoms with van der Waals surface area (Å²) in [6, 6.07) is 7.97. The maximum atomic E-state index is 10.5. The van der Waals surface area contributed by atoms with E-state index < -0.39 is 0 Å². The summed E-state index contributed by atoms with van der Waals surface area (Å²) >= 11 is 0. The molecule has 0 spiro atoms. The Balaban J connectivity index is 2.29. The van der Waals surface area contributed by atoms with Gasteiger partial charge in [-0.05, 0) is 12.5 Å². The second kappa shape index (κ2) is 4.34. The van der Waals surface area contributed by atoms with Gasteiger partial charge in [0, 0.05) is 12.0 Å². The molecule has 3 heteroatoms. The van der Waals surface area contributed by atoms with Gasteiger partial charge >= 0.3 is 0 Å². The van der Waals surface area contributed by atoms with Crippen molar-refractivity contribution in [3.05, 3.63) is 29.8 Å². The first-order valence-electron chi connectivity index (χ1n) is 5.30. The Hall–Kier alpha value is -1.51. The lowest BCUT2D eigenvalue weighted by atomic mass is 9.95. The highest BCUT2D eigenvalue weighted by atomic mass is 16.5. The molecule has 1 amide bonds. The van der Waals surface area contributed by atoms with Gasteiger partial charge in [0.15, 0.2) is 0 Å². The van der Waals surface area contributed by atoms with Gasteiger partial charge in [0.2, 0.25) is 6.41 Å². The second-order valence-electron chi connectivity index (χ2n) is 3.76. The third-order valence-corrected chi connectivity index (χ3v) is 2.81. The standard InChI is InChI=1S/C12H15NO2/c1-2-9-7-11(13-8-14)10-5-3-4-6-12(10)15-9/h3-6,8-9,11H,2,7H2,1H3,(H,13,14). The first-order chi connectivity index (χ1) is 7.35. The van der Waals surface area contributed by atoms with Crippen LogP contribution in [0, 0.1) is 0 Å². The quantitative estimate of drug-likeness (QED) is 0.767. The van der Waals surface area contributed by atoms with Gasteiger partial charge in [0.1, 0.15) is 11.9 Å². The van der Waals surface area contributed by atoms with Crippen molar-refractivity contribution in [2.24, 2.45) is 0 Å². The number of fused-ring (bicyclic) bond motifs is 1. The van der Waals surface area contributed by atoms with Crippen LogP contribution >= 0.6 is 0 Å². The van der Waals surface area contributed by atoms with E-state index in [2.05, 4.69) is 12.2 Å². The molecule has 15 heavy (non-hydrogen) atoms. The van der Waals surface area contributed by atoms with Crippen molar-refractivity contribution in [2.75, 3.05) is 0 Å². The normalized spacial score (nSPS) is 23.8. The minimum atomic E-state index is 0.0948. The van der Waals surface area contributed by atoms with E-state index in [1.54, 1.807) is 0 Å². The van der Waals surface area contributed by atoms with Gasteiger partial charge in [-0.2, -0.15) is 0 Å². The number of carbonyl (C=O) groups excluding carboxylic acids is 1. The second-order valence-corrected chi connectivity index (χ2v) is 3.76. The number of amides is 1. The largest absolute Gasteiger partial charge is 0.490 e. The van der Waals surface area contributed by atoms with E-state index in [9.17, 15) is 4.79 Å². The molecule has 0 saturated carbocycles. The van der Waals surface area contributed by atoms with Crippen LogP contribution in [0.3, 0.4) is 0 Å². The maximum absolute atomic E-state index is 10.5. The Bertz CT molecular complexity index is 351. The molecule has 0 radical (unpaired) electrons. The van der Waals surface area contributed by atoms with Crippen molar-refractivity contribution >= 4 is 6.41 Å². The summed E-state index contributed by atoms with van der Waals surface area (Å²) in [5, 5.41) is 2.84. The first kappa shape index (κ1) is 10.0. The lowest BCUT2D eigenvalue weighted by molar-refractivity contribution is -0.110. The molecule has 3 nitrogen and oxygen atoms in total. The van der Waals surface area contributed by atoms with Gasteiger partial charge in [-0.3, -0.25) is 4.79 Å². The molecule has 0 aliphatic carbocycles. The molecule has 0 aromatic heterocycles. The van der Waals surface area contributed by atoms with E-state index >= 15 is 0 Å². The fourth-order valence-electron chi connectivity index (χ4n) is 1.98. The Kier molecular flexibility index (Phi) is 2.90. The smallest absolute Gasteiger partial charge is 0.207 e. The van der Waals surface area contributed by atoms with Gasteiger partial charge in [-0.25, -0.2) is 0 Å². The van der Waals surface area contributed by atoms with Crippen LogP contribution in [0.4, 0.5) is 0 Å². The third kappa shape index (κ3) is 1.96. The van der Waals surface area contributed by atoms with E-state index in [0.717, 1.165) is 30.6 Å². The van der Waals surface area contributed by atoms with Crippen molar-refractivity contribution in [2.45, 2.75) is 31.9 Å². The summed E-state index contributed by atoms with van der Waals surface area (Å²) in [6.07, 6.45) is 2.79. The Morgan fingerprint density at radius 2 is 2.33 bits per heavy atom. The van der Waals surface area contributed by atoms with Crippen LogP contribution in [-0.2, 0) is 4.79 Å². The highest BCUT2D eigenvalue weighted by molar-refractivity contribution is 5.50. The average Bonchev–Trinajstić information content (AvgIpc) is 2.29. The monoisotopic (exact) mass is 205 g/mol. The SMILES string of the molecule is CCC1CC(NC=O)c2ccccc2O1. The van der Waals surface area contributed by atoms with Gasteiger partial charge in [0.05, 0.1) is 6.04 Å². The molecule has 0 saturated heterocycles. The predicted molar refractivity (Wildman–Crippen MR) is 57.7 cm³/mol. The summed E-state index contributed by atoms with van der Waals surface area (Å²) in [5.41, 5.74) is 1.08. The molecule has 2 atom stereocenters. The molecule has 80 valence electrons. The van der Waals surface area contributed by atoms with Crippen LogP contribution in [0.1, 0.15) is 31.4 Å². The van der Waals surface area contributed by atoms with Gasteiger partial charge in [0.25, 0.3) is 0 Å². The summed E-state index contributed by atoms with van der Waals surface area (Å²) in [7, 11) is 0. The van der Waals surface area contributed by atoms with Crippen molar-refractivity contribution in [1.29, 1.82) is 0 Å². The van der Waals surface area contributed by atoms with Crippen LogP contribution in [0.2, 0.25) is 0 Å². The number of carbonyl (C=O) groups is 1. The zero-order valence-corrected chi connectivity index (χ0v) is 8.77. The number of rotatable bonds is 3. The van der Waals surface area contributed by atoms with E-state index in [0.29, 0.717) is 0 Å². The molecule has 2 rings (SSSR count). The molecule has 2 unspecified atom stereocenters. The zero-order chi connectivity index (χ0) is 10.7. The zero-order valence-electron chi connectivity index (χ0n) is 8.77. The number of nitrogens with one attached hydrogen (secondary N) is 1. The maximum Gasteiger partial charge on any atom is 0.207 e. The lowest BCUT2D eigenvalue weighted by Crippen LogP contribution is -2.31. The van der Waals surface area contributed by atoms with Crippen LogP contribution in [0.15, 0.2) is 24.3 Å². The van der Waals surface area contributed by atoms with E-state index in [-0.39, 0.29) is 12.1 Å². The number of ether oxygens (including phenoxy) is 1. The van der Waals surface area contributed by atoms with Crippen LogP contribution in [0.5, 0.6) is 5.75 Å².